The minimum atomic E-state index is -0.454. The lowest BCUT2D eigenvalue weighted by molar-refractivity contribution is 0.412. The number of halogens is 2. The first kappa shape index (κ1) is 13.7. The van der Waals surface area contributed by atoms with Crippen molar-refractivity contribution in [2.75, 3.05) is 12.4 Å². The molecule has 0 aliphatic carbocycles. The van der Waals surface area contributed by atoms with Gasteiger partial charge in [0, 0.05) is 24.4 Å². The Labute approximate surface area is 119 Å². The second-order valence-corrected chi connectivity index (χ2v) is 4.87. The molecule has 2 N–H and O–H groups in total. The van der Waals surface area contributed by atoms with E-state index in [1.807, 2.05) is 18.2 Å². The summed E-state index contributed by atoms with van der Waals surface area (Å²) in [5.74, 6) is 0.183. The number of benzene rings is 2. The first-order valence-electron chi connectivity index (χ1n) is 5.64. The minimum Gasteiger partial charge on any atom is -0.508 e. The molecule has 0 saturated heterocycles. The molecule has 0 amide bonds. The average molecular weight is 326 g/mol. The molecule has 0 bridgehead atoms. The summed E-state index contributed by atoms with van der Waals surface area (Å²) in [5.41, 5.74) is 1.52. The van der Waals surface area contributed by atoms with Crippen molar-refractivity contribution in [2.45, 2.75) is 6.54 Å². The van der Waals surface area contributed by atoms with Gasteiger partial charge in [0.1, 0.15) is 17.3 Å². The third kappa shape index (κ3) is 3.61. The molecule has 100 valence electrons. The number of hydrogen-bond acceptors (Lipinski definition) is 3. The van der Waals surface area contributed by atoms with Crippen molar-refractivity contribution in [3.8, 4) is 11.5 Å². The van der Waals surface area contributed by atoms with Gasteiger partial charge in [-0.05, 0) is 45.8 Å². The monoisotopic (exact) mass is 325 g/mol. The third-order valence-electron chi connectivity index (χ3n) is 2.59. The van der Waals surface area contributed by atoms with E-state index in [0.717, 1.165) is 16.2 Å². The number of nitrogens with one attached hydrogen (secondary N) is 1. The number of rotatable bonds is 4. The van der Waals surface area contributed by atoms with Crippen molar-refractivity contribution in [3.05, 3.63) is 52.3 Å². The normalized spacial score (nSPS) is 10.3. The van der Waals surface area contributed by atoms with E-state index >= 15 is 0 Å². The standard InChI is InChI=1S/C14H13BrFNO2/c1-19-14-7-11(2-3-13(14)15)17-8-9-4-10(16)6-12(18)5-9/h2-7,17-18H,8H2,1H3. The molecule has 0 radical (unpaired) electrons. The van der Waals surface area contributed by atoms with Gasteiger partial charge in [0.15, 0.2) is 0 Å². The van der Waals surface area contributed by atoms with E-state index in [9.17, 15) is 9.50 Å². The fourth-order valence-corrected chi connectivity index (χ4v) is 2.12. The summed E-state index contributed by atoms with van der Waals surface area (Å²) in [6, 6.07) is 9.56. The van der Waals surface area contributed by atoms with E-state index in [-0.39, 0.29) is 5.75 Å². The molecule has 0 aliphatic rings. The van der Waals surface area contributed by atoms with Crippen LogP contribution in [0.5, 0.6) is 11.5 Å². The van der Waals surface area contributed by atoms with E-state index in [0.29, 0.717) is 17.9 Å². The van der Waals surface area contributed by atoms with E-state index in [4.69, 9.17) is 4.74 Å². The maximum absolute atomic E-state index is 13.1. The predicted molar refractivity (Wildman–Crippen MR) is 76.1 cm³/mol. The molecule has 2 aromatic rings. The molecule has 2 aromatic carbocycles. The van der Waals surface area contributed by atoms with Gasteiger partial charge in [-0.25, -0.2) is 4.39 Å². The van der Waals surface area contributed by atoms with Crippen molar-refractivity contribution >= 4 is 21.6 Å². The SMILES string of the molecule is COc1cc(NCc2cc(O)cc(F)c2)ccc1Br. The van der Waals surface area contributed by atoms with E-state index < -0.39 is 5.82 Å². The van der Waals surface area contributed by atoms with Crippen LogP contribution >= 0.6 is 15.9 Å². The van der Waals surface area contributed by atoms with Crippen LogP contribution in [-0.4, -0.2) is 12.2 Å². The molecule has 0 heterocycles. The van der Waals surface area contributed by atoms with Crippen LogP contribution in [0.4, 0.5) is 10.1 Å². The summed E-state index contributed by atoms with van der Waals surface area (Å²) in [5, 5.41) is 12.5. The zero-order valence-corrected chi connectivity index (χ0v) is 11.9. The van der Waals surface area contributed by atoms with E-state index in [2.05, 4.69) is 21.2 Å². The molecule has 0 atom stereocenters. The Hall–Kier alpha value is -1.75. The molecule has 5 heteroatoms. The number of anilines is 1. The van der Waals surface area contributed by atoms with Crippen LogP contribution < -0.4 is 10.1 Å². The lowest BCUT2D eigenvalue weighted by atomic mass is 10.2. The number of hydrogen-bond donors (Lipinski definition) is 2. The largest absolute Gasteiger partial charge is 0.508 e. The first-order valence-corrected chi connectivity index (χ1v) is 6.43. The Bertz CT molecular complexity index is 569. The number of aromatic hydroxyl groups is 1. The van der Waals surface area contributed by atoms with Crippen molar-refractivity contribution in [3.63, 3.8) is 0 Å². The van der Waals surface area contributed by atoms with Crippen LogP contribution in [0, 0.1) is 5.82 Å². The van der Waals surface area contributed by atoms with Crippen LogP contribution in [0.1, 0.15) is 5.56 Å². The Morgan fingerprint density at radius 3 is 2.74 bits per heavy atom. The Kier molecular flexibility index (Phi) is 4.27. The second-order valence-electron chi connectivity index (χ2n) is 4.02. The van der Waals surface area contributed by atoms with Gasteiger partial charge in [0.05, 0.1) is 11.6 Å². The highest BCUT2D eigenvalue weighted by atomic mass is 79.9. The van der Waals surface area contributed by atoms with Gasteiger partial charge in [0.25, 0.3) is 0 Å². The van der Waals surface area contributed by atoms with Gasteiger partial charge in [-0.3, -0.25) is 0 Å². The maximum atomic E-state index is 13.1. The lowest BCUT2D eigenvalue weighted by Crippen LogP contribution is -2.00. The molecule has 0 aromatic heterocycles. The van der Waals surface area contributed by atoms with Crippen LogP contribution in [-0.2, 0) is 6.54 Å². The van der Waals surface area contributed by atoms with Gasteiger partial charge in [-0.1, -0.05) is 0 Å². The van der Waals surface area contributed by atoms with Crippen molar-refractivity contribution in [1.82, 2.24) is 0 Å². The summed E-state index contributed by atoms with van der Waals surface area (Å²) in [4.78, 5) is 0. The topological polar surface area (TPSA) is 41.5 Å². The molecule has 3 nitrogen and oxygen atoms in total. The Morgan fingerprint density at radius 1 is 1.26 bits per heavy atom. The maximum Gasteiger partial charge on any atom is 0.135 e. The minimum absolute atomic E-state index is 0.0785. The number of phenolic OH excluding ortho intramolecular Hbond substituents is 1. The summed E-state index contributed by atoms with van der Waals surface area (Å²) < 4.78 is 19.2. The van der Waals surface area contributed by atoms with Crippen LogP contribution in [0.2, 0.25) is 0 Å². The highest BCUT2D eigenvalue weighted by Crippen LogP contribution is 2.28. The summed E-state index contributed by atoms with van der Waals surface area (Å²) in [6.45, 7) is 0.413. The van der Waals surface area contributed by atoms with Gasteiger partial charge >= 0.3 is 0 Å². The Balaban J connectivity index is 2.10. The van der Waals surface area contributed by atoms with E-state index in [1.165, 1.54) is 12.1 Å². The number of ether oxygens (including phenoxy) is 1. The number of phenols is 1. The predicted octanol–water partition coefficient (Wildman–Crippen LogP) is 3.91. The van der Waals surface area contributed by atoms with Crippen LogP contribution in [0.3, 0.4) is 0 Å². The second kappa shape index (κ2) is 5.93. The molecule has 19 heavy (non-hydrogen) atoms. The van der Waals surface area contributed by atoms with Crippen molar-refractivity contribution in [1.29, 1.82) is 0 Å². The summed E-state index contributed by atoms with van der Waals surface area (Å²) >= 11 is 3.37. The molecular formula is C14H13BrFNO2. The Morgan fingerprint density at radius 2 is 2.05 bits per heavy atom. The van der Waals surface area contributed by atoms with Gasteiger partial charge in [-0.15, -0.1) is 0 Å². The summed E-state index contributed by atoms with van der Waals surface area (Å²) in [6.07, 6.45) is 0. The quantitative estimate of drug-likeness (QED) is 0.895. The van der Waals surface area contributed by atoms with Crippen LogP contribution in [0.25, 0.3) is 0 Å². The molecule has 0 unspecified atom stereocenters. The highest BCUT2D eigenvalue weighted by Gasteiger charge is 2.03. The molecule has 0 saturated carbocycles. The van der Waals surface area contributed by atoms with Gasteiger partial charge in [-0.2, -0.15) is 0 Å². The molecule has 0 spiro atoms. The first-order chi connectivity index (χ1) is 9.08. The number of methoxy groups -OCH3 is 1. The average Bonchev–Trinajstić information content (AvgIpc) is 2.36. The van der Waals surface area contributed by atoms with Crippen LogP contribution in [0.15, 0.2) is 40.9 Å². The zero-order valence-electron chi connectivity index (χ0n) is 10.3. The van der Waals surface area contributed by atoms with Crippen molar-refractivity contribution in [2.24, 2.45) is 0 Å². The highest BCUT2D eigenvalue weighted by molar-refractivity contribution is 9.10. The smallest absolute Gasteiger partial charge is 0.135 e. The molecule has 2 rings (SSSR count). The summed E-state index contributed by atoms with van der Waals surface area (Å²) in [7, 11) is 1.59. The molecule has 0 fully saturated rings. The third-order valence-corrected chi connectivity index (χ3v) is 3.25. The zero-order chi connectivity index (χ0) is 13.8. The molecule has 0 aliphatic heterocycles. The van der Waals surface area contributed by atoms with Gasteiger partial charge < -0.3 is 15.2 Å². The molecular weight excluding hydrogens is 313 g/mol. The fraction of sp³-hybridized carbons (Fsp3) is 0.143. The van der Waals surface area contributed by atoms with Gasteiger partial charge in [0.2, 0.25) is 0 Å². The fourth-order valence-electron chi connectivity index (χ4n) is 1.71. The van der Waals surface area contributed by atoms with Crippen molar-refractivity contribution < 1.29 is 14.2 Å². The lowest BCUT2D eigenvalue weighted by Gasteiger charge is -2.10. The van der Waals surface area contributed by atoms with E-state index in [1.54, 1.807) is 7.11 Å².